The van der Waals surface area contributed by atoms with Gasteiger partial charge in [-0.2, -0.15) is 13.2 Å². The largest absolute Gasteiger partial charge is 0.460 e. The van der Waals surface area contributed by atoms with E-state index >= 15 is 0 Å². The molecule has 24 heavy (non-hydrogen) atoms. The zero-order valence-electron chi connectivity index (χ0n) is 12.0. The number of halogens is 5. The molecule has 1 nitrogen and oxygen atoms in total. The summed E-state index contributed by atoms with van der Waals surface area (Å²) in [6, 6.07) is 8.42. The summed E-state index contributed by atoms with van der Waals surface area (Å²) in [5.74, 6) is 0.868. The number of fused-ring (bicyclic) bond motifs is 1. The van der Waals surface area contributed by atoms with Gasteiger partial charge in [0.05, 0.1) is 0 Å². The molecule has 2 aromatic carbocycles. The second kappa shape index (κ2) is 5.57. The van der Waals surface area contributed by atoms with E-state index in [2.05, 4.69) is 0 Å². The van der Waals surface area contributed by atoms with Gasteiger partial charge in [0.15, 0.2) is 0 Å². The molecule has 0 aromatic heterocycles. The van der Waals surface area contributed by atoms with Crippen LogP contribution in [0.15, 0.2) is 42.5 Å². The molecule has 0 N–H and O–H groups in total. The Balaban J connectivity index is 2.25. The number of rotatable bonds is 1. The summed E-state index contributed by atoms with van der Waals surface area (Å²) >= 11 is 6.00. The van der Waals surface area contributed by atoms with Crippen LogP contribution in [0.2, 0.25) is 5.02 Å². The van der Waals surface area contributed by atoms with Crippen molar-refractivity contribution in [1.29, 1.82) is 0 Å². The van der Waals surface area contributed by atoms with E-state index in [1.165, 1.54) is 36.4 Å². The van der Waals surface area contributed by atoms with Gasteiger partial charge in [-0.3, -0.25) is 0 Å². The first kappa shape index (κ1) is 16.4. The van der Waals surface area contributed by atoms with Gasteiger partial charge in [0.2, 0.25) is 0 Å². The molecule has 0 saturated heterocycles. The van der Waals surface area contributed by atoms with Crippen molar-refractivity contribution in [2.45, 2.75) is 11.8 Å². The molecule has 2 aromatic rings. The van der Waals surface area contributed by atoms with Crippen molar-refractivity contribution >= 4 is 17.7 Å². The van der Waals surface area contributed by atoms with Gasteiger partial charge in [-0.05, 0) is 36.3 Å². The first-order valence-electron chi connectivity index (χ1n) is 6.78. The van der Waals surface area contributed by atoms with E-state index in [9.17, 15) is 17.6 Å². The van der Waals surface area contributed by atoms with Gasteiger partial charge >= 0.3 is 6.18 Å². The molecule has 0 saturated carbocycles. The molecule has 1 aliphatic rings. The molecule has 1 aliphatic heterocycles. The van der Waals surface area contributed by atoms with Crippen molar-refractivity contribution in [2.24, 2.45) is 0 Å². The summed E-state index contributed by atoms with van der Waals surface area (Å²) in [4.78, 5) is 0. The Morgan fingerprint density at radius 1 is 1.12 bits per heavy atom. The molecule has 6 heteroatoms. The average molecular weight is 353 g/mol. The summed E-state index contributed by atoms with van der Waals surface area (Å²) in [6.45, 7) is 0. The Bertz CT molecular complexity index is 880. The Morgan fingerprint density at radius 3 is 2.46 bits per heavy atom. The highest BCUT2D eigenvalue weighted by atomic mass is 35.5. The summed E-state index contributed by atoms with van der Waals surface area (Å²) in [7, 11) is 0. The average Bonchev–Trinajstić information content (AvgIpc) is 2.53. The van der Waals surface area contributed by atoms with Gasteiger partial charge in [-0.1, -0.05) is 29.8 Å². The van der Waals surface area contributed by atoms with Crippen LogP contribution in [0.5, 0.6) is 5.75 Å². The third-order valence-electron chi connectivity index (χ3n) is 3.64. The van der Waals surface area contributed by atoms with Gasteiger partial charge in [-0.15, -0.1) is 6.42 Å². The quantitative estimate of drug-likeness (QED) is 0.487. The Labute approximate surface area is 140 Å². The third-order valence-corrected chi connectivity index (χ3v) is 3.86. The molecular weight excluding hydrogens is 344 g/mol. The molecule has 0 radical (unpaired) electrons. The number of hydrogen-bond donors (Lipinski definition) is 0. The minimum absolute atomic E-state index is 0.0691. The van der Waals surface area contributed by atoms with E-state index in [-0.39, 0.29) is 27.5 Å². The fourth-order valence-electron chi connectivity index (χ4n) is 2.45. The molecule has 0 aliphatic carbocycles. The Kier molecular flexibility index (Phi) is 3.81. The molecule has 0 amide bonds. The molecule has 0 bridgehead atoms. The van der Waals surface area contributed by atoms with Crippen molar-refractivity contribution in [2.75, 3.05) is 0 Å². The molecule has 1 unspecified atom stereocenters. The van der Waals surface area contributed by atoms with Gasteiger partial charge in [0.25, 0.3) is 5.60 Å². The van der Waals surface area contributed by atoms with Crippen LogP contribution in [0.1, 0.15) is 5.56 Å². The molecule has 1 atom stereocenters. The van der Waals surface area contributed by atoms with Gasteiger partial charge in [0, 0.05) is 21.7 Å². The highest BCUT2D eigenvalue weighted by Gasteiger charge is 2.56. The van der Waals surface area contributed by atoms with Gasteiger partial charge in [-0.25, -0.2) is 4.39 Å². The number of hydrogen-bond acceptors (Lipinski definition) is 1. The number of ether oxygens (including phenoxy) is 1. The zero-order chi connectivity index (χ0) is 17.5. The van der Waals surface area contributed by atoms with E-state index in [0.717, 1.165) is 6.08 Å². The fraction of sp³-hybridized carbons (Fsp3) is 0.111. The molecule has 122 valence electrons. The summed E-state index contributed by atoms with van der Waals surface area (Å²) < 4.78 is 59.4. The van der Waals surface area contributed by atoms with Crippen molar-refractivity contribution in [3.63, 3.8) is 0 Å². The first-order valence-corrected chi connectivity index (χ1v) is 7.16. The second-order valence-electron chi connectivity index (χ2n) is 5.16. The predicted octanol–water partition coefficient (Wildman–Crippen LogP) is 5.49. The minimum atomic E-state index is -4.83. The van der Waals surface area contributed by atoms with E-state index in [1.807, 2.05) is 0 Å². The van der Waals surface area contributed by atoms with Crippen LogP contribution in [-0.2, 0) is 0 Å². The predicted molar refractivity (Wildman–Crippen MR) is 84.1 cm³/mol. The zero-order valence-corrected chi connectivity index (χ0v) is 12.8. The van der Waals surface area contributed by atoms with Crippen molar-refractivity contribution < 1.29 is 22.3 Å². The van der Waals surface area contributed by atoms with E-state index in [4.69, 9.17) is 22.8 Å². The fourth-order valence-corrected chi connectivity index (χ4v) is 2.67. The normalized spacial score (nSPS) is 19.3. The van der Waals surface area contributed by atoms with Crippen molar-refractivity contribution in [1.82, 2.24) is 0 Å². The third kappa shape index (κ3) is 2.53. The van der Waals surface area contributed by atoms with Crippen LogP contribution in [0.25, 0.3) is 17.2 Å². The number of terminal acetylenes is 1. The minimum Gasteiger partial charge on any atom is -0.460 e. The Hall–Kier alpha value is -2.45. The topological polar surface area (TPSA) is 9.23 Å². The lowest BCUT2D eigenvalue weighted by Crippen LogP contribution is -2.48. The highest BCUT2D eigenvalue weighted by Crippen LogP contribution is 2.46. The highest BCUT2D eigenvalue weighted by molar-refractivity contribution is 6.31. The number of benzene rings is 2. The Morgan fingerprint density at radius 2 is 1.83 bits per heavy atom. The molecular formula is C18H9ClF4O. The van der Waals surface area contributed by atoms with E-state index in [1.54, 1.807) is 12.0 Å². The maximum absolute atomic E-state index is 14.1. The molecule has 0 fully saturated rings. The van der Waals surface area contributed by atoms with E-state index in [0.29, 0.717) is 0 Å². The van der Waals surface area contributed by atoms with Gasteiger partial charge in [0.1, 0.15) is 11.6 Å². The lowest BCUT2D eigenvalue weighted by Gasteiger charge is -2.33. The lowest BCUT2D eigenvalue weighted by atomic mass is 9.94. The monoisotopic (exact) mass is 352 g/mol. The van der Waals surface area contributed by atoms with Crippen LogP contribution in [0.3, 0.4) is 0 Å². The molecule has 0 spiro atoms. The van der Waals surface area contributed by atoms with Gasteiger partial charge < -0.3 is 4.74 Å². The van der Waals surface area contributed by atoms with Crippen LogP contribution in [0, 0.1) is 18.2 Å². The van der Waals surface area contributed by atoms with Crippen LogP contribution in [-0.4, -0.2) is 11.8 Å². The second-order valence-corrected chi connectivity index (χ2v) is 5.60. The summed E-state index contributed by atoms with van der Waals surface area (Å²) in [5.41, 5.74) is -2.45. The van der Waals surface area contributed by atoms with E-state index < -0.39 is 17.6 Å². The van der Waals surface area contributed by atoms with Crippen molar-refractivity contribution in [3.05, 3.63) is 58.9 Å². The molecule has 3 rings (SSSR count). The standard InChI is InChI=1S/C18H9ClF4O/c1-2-17(18(21,22)23)8-7-11-9-12(19)10-14(16(11)24-17)13-5-3-4-6-15(13)20/h1,3-10H. The summed E-state index contributed by atoms with van der Waals surface area (Å²) in [5, 5.41) is 0.237. The number of alkyl halides is 3. The summed E-state index contributed by atoms with van der Waals surface area (Å²) in [6.07, 6.45) is 2.18. The maximum Gasteiger partial charge on any atom is 0.444 e. The maximum atomic E-state index is 14.1. The smallest absolute Gasteiger partial charge is 0.444 e. The SMILES string of the molecule is C#CC1(C(F)(F)F)C=Cc2cc(Cl)cc(-c3ccccc3F)c2O1. The van der Waals surface area contributed by atoms with Crippen LogP contribution in [0.4, 0.5) is 17.6 Å². The van der Waals surface area contributed by atoms with Crippen LogP contribution < -0.4 is 4.74 Å². The molecule has 1 heterocycles. The van der Waals surface area contributed by atoms with Crippen molar-refractivity contribution in [3.8, 4) is 29.2 Å². The lowest BCUT2D eigenvalue weighted by molar-refractivity contribution is -0.207. The first-order chi connectivity index (χ1) is 11.3. The van der Waals surface area contributed by atoms with Crippen LogP contribution >= 0.6 is 11.6 Å².